The summed E-state index contributed by atoms with van der Waals surface area (Å²) in [6.07, 6.45) is 3.85. The Labute approximate surface area is 112 Å². The van der Waals surface area contributed by atoms with Gasteiger partial charge >= 0.3 is 0 Å². The van der Waals surface area contributed by atoms with Crippen molar-refractivity contribution in [2.75, 3.05) is 59.7 Å². The molecule has 1 saturated carbocycles. The van der Waals surface area contributed by atoms with Crippen molar-refractivity contribution in [3.63, 3.8) is 0 Å². The van der Waals surface area contributed by atoms with E-state index in [0.29, 0.717) is 0 Å². The van der Waals surface area contributed by atoms with Gasteiger partial charge in [0.25, 0.3) is 0 Å². The number of likely N-dealkylation sites (N-methyl/N-ethyl adjacent to an activating group) is 1. The zero-order chi connectivity index (χ0) is 13.1. The van der Waals surface area contributed by atoms with Crippen LogP contribution in [-0.2, 0) is 9.47 Å². The summed E-state index contributed by atoms with van der Waals surface area (Å²) in [6, 6.07) is 0. The van der Waals surface area contributed by atoms with E-state index in [-0.39, 0.29) is 0 Å². The molecule has 0 amide bonds. The van der Waals surface area contributed by atoms with Gasteiger partial charge in [0.1, 0.15) is 0 Å². The van der Waals surface area contributed by atoms with Crippen molar-refractivity contribution in [3.8, 4) is 0 Å². The van der Waals surface area contributed by atoms with Gasteiger partial charge in [0.05, 0.1) is 6.61 Å². The van der Waals surface area contributed by atoms with Crippen LogP contribution in [0.5, 0.6) is 0 Å². The summed E-state index contributed by atoms with van der Waals surface area (Å²) < 4.78 is 10.9. The van der Waals surface area contributed by atoms with E-state index in [1.807, 2.05) is 6.92 Å². The van der Waals surface area contributed by atoms with Gasteiger partial charge in [0, 0.05) is 39.5 Å². The van der Waals surface area contributed by atoms with E-state index in [1.54, 1.807) is 0 Å². The van der Waals surface area contributed by atoms with Crippen LogP contribution >= 0.6 is 0 Å². The third-order valence-corrected chi connectivity index (χ3v) is 3.18. The van der Waals surface area contributed by atoms with Gasteiger partial charge in [-0.05, 0) is 45.7 Å². The maximum Gasteiger partial charge on any atom is 0.0593 e. The van der Waals surface area contributed by atoms with Gasteiger partial charge in [0.15, 0.2) is 0 Å². The van der Waals surface area contributed by atoms with E-state index < -0.39 is 0 Å². The minimum Gasteiger partial charge on any atom is -0.382 e. The minimum atomic E-state index is 0.823. The molecule has 0 bridgehead atoms. The minimum absolute atomic E-state index is 0.823. The first-order chi connectivity index (χ1) is 8.83. The lowest BCUT2D eigenvalue weighted by atomic mass is 10.4. The maximum atomic E-state index is 5.62. The molecule has 0 radical (unpaired) electrons. The third-order valence-electron chi connectivity index (χ3n) is 3.18. The predicted octanol–water partition coefficient (Wildman–Crippen LogP) is 1.36. The lowest BCUT2D eigenvalue weighted by Gasteiger charge is -2.16. The fraction of sp³-hybridized carbons (Fsp3) is 1.00. The molecular formula is C14H30N2O2. The summed E-state index contributed by atoms with van der Waals surface area (Å²) in [5.74, 6) is 0.877. The van der Waals surface area contributed by atoms with E-state index in [1.165, 1.54) is 12.8 Å². The average molecular weight is 258 g/mol. The second kappa shape index (κ2) is 10.7. The Bertz CT molecular complexity index is 187. The van der Waals surface area contributed by atoms with Gasteiger partial charge in [0.2, 0.25) is 0 Å². The highest BCUT2D eigenvalue weighted by atomic mass is 16.5. The number of hydrogen-bond acceptors (Lipinski definition) is 4. The molecule has 108 valence electrons. The van der Waals surface area contributed by atoms with E-state index in [2.05, 4.69) is 17.3 Å². The number of rotatable bonds is 13. The average Bonchev–Trinajstić information content (AvgIpc) is 3.18. The van der Waals surface area contributed by atoms with Crippen LogP contribution in [0.15, 0.2) is 0 Å². The van der Waals surface area contributed by atoms with E-state index in [9.17, 15) is 0 Å². The van der Waals surface area contributed by atoms with Crippen LogP contribution in [-0.4, -0.2) is 64.6 Å². The first-order valence-corrected chi connectivity index (χ1v) is 7.37. The summed E-state index contributed by atoms with van der Waals surface area (Å²) in [5, 5.41) is 3.43. The van der Waals surface area contributed by atoms with Crippen LogP contribution in [0, 0.1) is 5.92 Å². The second-order valence-corrected chi connectivity index (χ2v) is 5.12. The quantitative estimate of drug-likeness (QED) is 0.506. The molecule has 0 unspecified atom stereocenters. The second-order valence-electron chi connectivity index (χ2n) is 5.12. The zero-order valence-electron chi connectivity index (χ0n) is 12.1. The molecule has 1 aliphatic carbocycles. The molecule has 0 aromatic rings. The molecule has 1 fully saturated rings. The molecule has 18 heavy (non-hydrogen) atoms. The number of hydrogen-bond donors (Lipinski definition) is 1. The lowest BCUT2D eigenvalue weighted by molar-refractivity contribution is 0.103. The first kappa shape index (κ1) is 15.9. The van der Waals surface area contributed by atoms with Crippen molar-refractivity contribution >= 4 is 0 Å². The van der Waals surface area contributed by atoms with Crippen LogP contribution in [0.2, 0.25) is 0 Å². The lowest BCUT2D eigenvalue weighted by Crippen LogP contribution is -2.32. The van der Waals surface area contributed by atoms with Crippen LogP contribution in [0.4, 0.5) is 0 Å². The Morgan fingerprint density at radius 3 is 2.67 bits per heavy atom. The highest BCUT2D eigenvalue weighted by molar-refractivity contribution is 4.72. The van der Waals surface area contributed by atoms with Gasteiger partial charge in [-0.25, -0.2) is 0 Å². The fourth-order valence-corrected chi connectivity index (χ4v) is 1.71. The molecule has 1 aliphatic rings. The Hall–Kier alpha value is -0.160. The van der Waals surface area contributed by atoms with Crippen molar-refractivity contribution < 1.29 is 9.47 Å². The molecule has 4 heteroatoms. The Morgan fingerprint density at radius 2 is 1.94 bits per heavy atom. The number of nitrogens with zero attached hydrogens (tertiary/aromatic N) is 1. The van der Waals surface area contributed by atoms with E-state index in [0.717, 1.165) is 64.9 Å². The first-order valence-electron chi connectivity index (χ1n) is 7.37. The monoisotopic (exact) mass is 258 g/mol. The molecule has 1 rings (SSSR count). The standard InChI is InChI=1S/C14H30N2O2/c1-3-17-11-4-7-15-8-9-16(2)10-12-18-13-14-5-6-14/h14-15H,3-13H2,1-2H3. The molecule has 0 saturated heterocycles. The van der Waals surface area contributed by atoms with Crippen LogP contribution in [0.25, 0.3) is 0 Å². The van der Waals surface area contributed by atoms with Gasteiger partial charge in [-0.2, -0.15) is 0 Å². The molecule has 0 aromatic heterocycles. The largest absolute Gasteiger partial charge is 0.382 e. The maximum absolute atomic E-state index is 5.62. The molecule has 0 aromatic carbocycles. The summed E-state index contributed by atoms with van der Waals surface area (Å²) in [5.41, 5.74) is 0. The summed E-state index contributed by atoms with van der Waals surface area (Å²) >= 11 is 0. The third kappa shape index (κ3) is 9.83. The highest BCUT2D eigenvalue weighted by Crippen LogP contribution is 2.28. The van der Waals surface area contributed by atoms with Crippen LogP contribution in [0.1, 0.15) is 26.2 Å². The Balaban J connectivity index is 1.73. The number of ether oxygens (including phenoxy) is 2. The van der Waals surface area contributed by atoms with Gasteiger partial charge in [-0.3, -0.25) is 0 Å². The molecule has 0 aliphatic heterocycles. The normalized spacial score (nSPS) is 15.5. The van der Waals surface area contributed by atoms with Crippen molar-refractivity contribution in [1.82, 2.24) is 10.2 Å². The molecule has 0 spiro atoms. The van der Waals surface area contributed by atoms with Gasteiger partial charge in [-0.15, -0.1) is 0 Å². The number of nitrogens with one attached hydrogen (secondary N) is 1. The van der Waals surface area contributed by atoms with Crippen molar-refractivity contribution in [2.45, 2.75) is 26.2 Å². The molecule has 1 N–H and O–H groups in total. The van der Waals surface area contributed by atoms with Crippen molar-refractivity contribution in [1.29, 1.82) is 0 Å². The Morgan fingerprint density at radius 1 is 1.11 bits per heavy atom. The molecular weight excluding hydrogens is 228 g/mol. The smallest absolute Gasteiger partial charge is 0.0593 e. The van der Waals surface area contributed by atoms with Crippen molar-refractivity contribution in [2.24, 2.45) is 5.92 Å². The van der Waals surface area contributed by atoms with Crippen molar-refractivity contribution in [3.05, 3.63) is 0 Å². The summed E-state index contributed by atoms with van der Waals surface area (Å²) in [6.45, 7) is 9.79. The molecule has 0 atom stereocenters. The fourth-order valence-electron chi connectivity index (χ4n) is 1.71. The Kier molecular flexibility index (Phi) is 9.48. The van der Waals surface area contributed by atoms with E-state index >= 15 is 0 Å². The topological polar surface area (TPSA) is 33.7 Å². The highest BCUT2D eigenvalue weighted by Gasteiger charge is 2.20. The zero-order valence-corrected chi connectivity index (χ0v) is 12.1. The van der Waals surface area contributed by atoms with E-state index in [4.69, 9.17) is 9.47 Å². The summed E-state index contributed by atoms with van der Waals surface area (Å²) in [7, 11) is 2.16. The van der Waals surface area contributed by atoms with Crippen LogP contribution < -0.4 is 5.32 Å². The molecule has 4 nitrogen and oxygen atoms in total. The molecule has 0 heterocycles. The predicted molar refractivity (Wildman–Crippen MR) is 75.0 cm³/mol. The summed E-state index contributed by atoms with van der Waals surface area (Å²) in [4.78, 5) is 2.32. The SMILES string of the molecule is CCOCCCNCCN(C)CCOCC1CC1. The van der Waals surface area contributed by atoms with Gasteiger partial charge < -0.3 is 19.7 Å². The van der Waals surface area contributed by atoms with Crippen LogP contribution in [0.3, 0.4) is 0 Å². The van der Waals surface area contributed by atoms with Gasteiger partial charge in [-0.1, -0.05) is 0 Å².